The Hall–Kier alpha value is -1.51. The molecule has 0 aliphatic heterocycles. The Balaban J connectivity index is 1.93. The number of hydrogen-bond donors (Lipinski definition) is 1. The number of nitrogens with one attached hydrogen (secondary N) is 1. The first-order valence-electron chi connectivity index (χ1n) is 7.76. The maximum atomic E-state index is 5.31. The number of rotatable bonds is 6. The number of nitrogens with zero attached hydrogens (tertiary/aromatic N) is 4. The van der Waals surface area contributed by atoms with E-state index in [1.165, 1.54) is 4.88 Å². The minimum Gasteiger partial charge on any atom is -0.375 e. The third kappa shape index (κ3) is 4.75. The van der Waals surface area contributed by atoms with Gasteiger partial charge in [-0.1, -0.05) is 0 Å². The van der Waals surface area contributed by atoms with Gasteiger partial charge in [0, 0.05) is 31.5 Å². The summed E-state index contributed by atoms with van der Waals surface area (Å²) in [7, 11) is 5.49. The van der Waals surface area contributed by atoms with E-state index in [0.717, 1.165) is 27.4 Å². The molecule has 1 atom stereocenters. The molecular formula is C16H25N5OS2. The lowest BCUT2D eigenvalue weighted by atomic mass is 10.4. The molecule has 2 aromatic rings. The largest absolute Gasteiger partial charge is 0.375 e. The van der Waals surface area contributed by atoms with Crippen LogP contribution in [0, 0.1) is 13.8 Å². The fourth-order valence-corrected chi connectivity index (χ4v) is 3.87. The Morgan fingerprint density at radius 3 is 2.75 bits per heavy atom. The van der Waals surface area contributed by atoms with Crippen molar-refractivity contribution in [2.24, 2.45) is 4.99 Å². The van der Waals surface area contributed by atoms with Gasteiger partial charge in [-0.05, 0) is 20.8 Å². The zero-order valence-electron chi connectivity index (χ0n) is 15.1. The van der Waals surface area contributed by atoms with Crippen molar-refractivity contribution in [3.05, 3.63) is 31.7 Å². The van der Waals surface area contributed by atoms with Crippen LogP contribution in [0.3, 0.4) is 0 Å². The van der Waals surface area contributed by atoms with Gasteiger partial charge in [-0.2, -0.15) is 0 Å². The van der Waals surface area contributed by atoms with Gasteiger partial charge in [0.25, 0.3) is 0 Å². The quantitative estimate of drug-likeness (QED) is 0.628. The summed E-state index contributed by atoms with van der Waals surface area (Å²) in [6.45, 7) is 7.52. The number of aliphatic imine (C=N–C) groups is 1. The molecule has 0 saturated carbocycles. The molecule has 0 saturated heterocycles. The second kappa shape index (κ2) is 8.55. The first-order chi connectivity index (χ1) is 11.4. The van der Waals surface area contributed by atoms with Crippen molar-refractivity contribution in [1.29, 1.82) is 0 Å². The summed E-state index contributed by atoms with van der Waals surface area (Å²) in [5.74, 6) is 0.829. The summed E-state index contributed by atoms with van der Waals surface area (Å²) >= 11 is 3.35. The Morgan fingerprint density at radius 2 is 2.17 bits per heavy atom. The molecule has 2 aromatic heterocycles. The second-order valence-electron chi connectivity index (χ2n) is 5.56. The summed E-state index contributed by atoms with van der Waals surface area (Å²) < 4.78 is 5.31. The summed E-state index contributed by atoms with van der Waals surface area (Å²) in [6, 6.07) is 0. The molecule has 24 heavy (non-hydrogen) atoms. The molecule has 2 rings (SSSR count). The number of thiazole rings is 2. The fraction of sp³-hybridized carbons (Fsp3) is 0.562. The van der Waals surface area contributed by atoms with E-state index in [-0.39, 0.29) is 6.10 Å². The molecule has 132 valence electrons. The van der Waals surface area contributed by atoms with Gasteiger partial charge in [0.1, 0.15) is 16.1 Å². The van der Waals surface area contributed by atoms with Gasteiger partial charge in [-0.15, -0.1) is 22.7 Å². The van der Waals surface area contributed by atoms with E-state index in [0.29, 0.717) is 13.1 Å². The Bertz CT molecular complexity index is 675. The van der Waals surface area contributed by atoms with Crippen LogP contribution in [0.1, 0.15) is 39.3 Å². The van der Waals surface area contributed by atoms with Crippen molar-refractivity contribution < 1.29 is 4.74 Å². The predicted molar refractivity (Wildman–Crippen MR) is 101 cm³/mol. The monoisotopic (exact) mass is 367 g/mol. The average Bonchev–Trinajstić information content (AvgIpc) is 3.14. The minimum atomic E-state index is 0.0304. The smallest absolute Gasteiger partial charge is 0.194 e. The van der Waals surface area contributed by atoms with Gasteiger partial charge in [0.05, 0.1) is 24.5 Å². The van der Waals surface area contributed by atoms with Crippen LogP contribution in [-0.4, -0.2) is 42.0 Å². The van der Waals surface area contributed by atoms with Crippen LogP contribution in [0.4, 0.5) is 0 Å². The molecule has 0 aromatic carbocycles. The molecule has 8 heteroatoms. The maximum Gasteiger partial charge on any atom is 0.194 e. The van der Waals surface area contributed by atoms with E-state index in [1.807, 2.05) is 20.9 Å². The van der Waals surface area contributed by atoms with E-state index in [2.05, 4.69) is 37.5 Å². The van der Waals surface area contributed by atoms with Gasteiger partial charge >= 0.3 is 0 Å². The number of hydrogen-bond acceptors (Lipinski definition) is 6. The van der Waals surface area contributed by atoms with E-state index >= 15 is 0 Å². The van der Waals surface area contributed by atoms with Crippen molar-refractivity contribution in [1.82, 2.24) is 20.2 Å². The van der Waals surface area contributed by atoms with E-state index in [9.17, 15) is 0 Å². The molecule has 0 bridgehead atoms. The highest BCUT2D eigenvalue weighted by atomic mass is 32.1. The van der Waals surface area contributed by atoms with Crippen LogP contribution in [-0.2, 0) is 17.8 Å². The lowest BCUT2D eigenvalue weighted by Gasteiger charge is -2.20. The van der Waals surface area contributed by atoms with E-state index in [1.54, 1.807) is 36.8 Å². The van der Waals surface area contributed by atoms with Crippen LogP contribution in [0.5, 0.6) is 0 Å². The summed E-state index contributed by atoms with van der Waals surface area (Å²) in [5, 5.41) is 7.50. The highest BCUT2D eigenvalue weighted by Gasteiger charge is 2.13. The highest BCUT2D eigenvalue weighted by molar-refractivity contribution is 7.11. The van der Waals surface area contributed by atoms with Crippen LogP contribution in [0.15, 0.2) is 10.4 Å². The molecule has 1 N–H and O–H groups in total. The summed E-state index contributed by atoms with van der Waals surface area (Å²) in [6.07, 6.45) is 0.0304. The number of ether oxygens (including phenoxy) is 1. The van der Waals surface area contributed by atoms with Crippen molar-refractivity contribution in [2.45, 2.75) is 40.0 Å². The van der Waals surface area contributed by atoms with Gasteiger partial charge in [0.2, 0.25) is 0 Å². The third-order valence-corrected chi connectivity index (χ3v) is 5.84. The third-order valence-electron chi connectivity index (χ3n) is 3.71. The summed E-state index contributed by atoms with van der Waals surface area (Å²) in [5.41, 5.74) is 2.12. The molecule has 1 unspecified atom stereocenters. The summed E-state index contributed by atoms with van der Waals surface area (Å²) in [4.78, 5) is 16.8. The molecule has 0 fully saturated rings. The van der Waals surface area contributed by atoms with Gasteiger partial charge in [0.15, 0.2) is 5.96 Å². The normalized spacial score (nSPS) is 13.2. The second-order valence-corrected chi connectivity index (χ2v) is 7.74. The van der Waals surface area contributed by atoms with E-state index < -0.39 is 0 Å². The molecule has 0 amide bonds. The molecule has 0 radical (unpaired) electrons. The van der Waals surface area contributed by atoms with Crippen LogP contribution in [0.25, 0.3) is 0 Å². The maximum absolute atomic E-state index is 5.31. The number of aryl methyl sites for hydroxylation is 2. The predicted octanol–water partition coefficient (Wildman–Crippen LogP) is 3.13. The first kappa shape index (κ1) is 18.8. The first-order valence-corrected chi connectivity index (χ1v) is 9.46. The number of aromatic nitrogens is 2. The molecule has 0 spiro atoms. The van der Waals surface area contributed by atoms with Crippen molar-refractivity contribution in [3.8, 4) is 0 Å². The molecule has 0 aliphatic carbocycles. The minimum absolute atomic E-state index is 0.0304. The standard InChI is InChI=1S/C16H25N5OS2/c1-10-12(3)24-14(19-10)7-18-16(17-4)21(5)8-13-9-23-15(20-13)11(2)22-6/h9,11H,7-8H2,1-6H3,(H,17,18). The lowest BCUT2D eigenvalue weighted by Crippen LogP contribution is -2.38. The fourth-order valence-electron chi connectivity index (χ4n) is 2.15. The molecule has 6 nitrogen and oxygen atoms in total. The zero-order chi connectivity index (χ0) is 17.7. The zero-order valence-corrected chi connectivity index (χ0v) is 16.7. The van der Waals surface area contributed by atoms with Gasteiger partial charge < -0.3 is 15.0 Å². The molecular weight excluding hydrogens is 342 g/mol. The Kier molecular flexibility index (Phi) is 6.70. The molecule has 0 aliphatic rings. The van der Waals surface area contributed by atoms with Crippen molar-refractivity contribution >= 4 is 28.6 Å². The number of methoxy groups -OCH3 is 1. The van der Waals surface area contributed by atoms with Crippen LogP contribution in [0.2, 0.25) is 0 Å². The van der Waals surface area contributed by atoms with Gasteiger partial charge in [-0.3, -0.25) is 4.99 Å². The van der Waals surface area contributed by atoms with E-state index in [4.69, 9.17) is 4.74 Å². The lowest BCUT2D eigenvalue weighted by molar-refractivity contribution is 0.119. The Morgan fingerprint density at radius 1 is 1.42 bits per heavy atom. The van der Waals surface area contributed by atoms with Gasteiger partial charge in [-0.25, -0.2) is 9.97 Å². The van der Waals surface area contributed by atoms with Crippen LogP contribution >= 0.6 is 22.7 Å². The molecule has 2 heterocycles. The van der Waals surface area contributed by atoms with Crippen molar-refractivity contribution in [2.75, 3.05) is 21.2 Å². The van der Waals surface area contributed by atoms with Crippen LogP contribution < -0.4 is 5.32 Å². The SMILES string of the molecule is CN=C(NCc1nc(C)c(C)s1)N(C)Cc1csc(C(C)OC)n1. The number of guanidine groups is 1. The average molecular weight is 368 g/mol. The topological polar surface area (TPSA) is 62.6 Å². The highest BCUT2D eigenvalue weighted by Crippen LogP contribution is 2.21. The van der Waals surface area contributed by atoms with Crippen molar-refractivity contribution in [3.63, 3.8) is 0 Å². The Labute approximate surface area is 151 Å².